The summed E-state index contributed by atoms with van der Waals surface area (Å²) < 4.78 is 32.7. The molecule has 2 aromatic carbocycles. The van der Waals surface area contributed by atoms with Gasteiger partial charge in [0.25, 0.3) is 0 Å². The van der Waals surface area contributed by atoms with Crippen LogP contribution in [0.3, 0.4) is 0 Å². The van der Waals surface area contributed by atoms with Crippen molar-refractivity contribution in [2.75, 3.05) is 14.2 Å². The van der Waals surface area contributed by atoms with Gasteiger partial charge in [-0.3, -0.25) is 0 Å². The highest BCUT2D eigenvalue weighted by molar-refractivity contribution is 6.02. The number of nitrogens with zero attached hydrogens (tertiary/aromatic N) is 2. The van der Waals surface area contributed by atoms with Gasteiger partial charge in [0.05, 0.1) is 19.9 Å². The first kappa shape index (κ1) is 20.5. The first-order valence-electron chi connectivity index (χ1n) is 9.37. The second kappa shape index (κ2) is 8.87. The summed E-state index contributed by atoms with van der Waals surface area (Å²) in [4.78, 5) is 9.24. The number of aromatic nitrogens is 2. The monoisotopic (exact) mass is 397 g/mol. The Kier molecular flexibility index (Phi) is 6.29. The van der Waals surface area contributed by atoms with Gasteiger partial charge in [0.2, 0.25) is 0 Å². The van der Waals surface area contributed by atoms with Crippen molar-refractivity contribution in [2.45, 2.75) is 19.8 Å². The van der Waals surface area contributed by atoms with E-state index >= 15 is 0 Å². The Morgan fingerprint density at radius 1 is 1.07 bits per heavy atom. The molecule has 150 valence electrons. The van der Waals surface area contributed by atoms with E-state index in [4.69, 9.17) is 10.1 Å². The van der Waals surface area contributed by atoms with Crippen molar-refractivity contribution >= 4 is 11.4 Å². The highest BCUT2D eigenvalue weighted by Gasteiger charge is 2.22. The van der Waals surface area contributed by atoms with Crippen LogP contribution in [0.25, 0.3) is 22.6 Å². The van der Waals surface area contributed by atoms with Crippen molar-refractivity contribution in [3.63, 3.8) is 0 Å². The highest BCUT2D eigenvalue weighted by atomic mass is 19.1. The topological polar surface area (TPSA) is 75.5 Å². The molecule has 29 heavy (non-hydrogen) atoms. The summed E-state index contributed by atoms with van der Waals surface area (Å²) in [5.41, 5.74) is 3.22. The van der Waals surface area contributed by atoms with Crippen molar-refractivity contribution < 1.29 is 18.8 Å². The molecule has 0 radical (unpaired) electrons. The third-order valence-electron chi connectivity index (χ3n) is 4.55. The van der Waals surface area contributed by atoms with Crippen LogP contribution in [0.5, 0.6) is 5.75 Å². The van der Waals surface area contributed by atoms with Crippen LogP contribution in [-0.4, -0.2) is 29.8 Å². The van der Waals surface area contributed by atoms with Gasteiger partial charge in [-0.15, -0.1) is 0 Å². The molecule has 0 fully saturated rings. The molecular weight excluding hydrogens is 374 g/mol. The van der Waals surface area contributed by atoms with Gasteiger partial charge in [-0.2, -0.15) is 0 Å². The number of methoxy groups -OCH3 is 1. The van der Waals surface area contributed by atoms with Crippen LogP contribution in [-0.2, 0) is 0 Å². The molecular formula is C22H23F2N4O+. The van der Waals surface area contributed by atoms with Gasteiger partial charge in [-0.25, -0.2) is 18.7 Å². The zero-order valence-corrected chi connectivity index (χ0v) is 16.6. The van der Waals surface area contributed by atoms with Crippen molar-refractivity contribution in [3.8, 4) is 28.4 Å². The fraction of sp³-hybridized carbons (Fsp3) is 0.227. The van der Waals surface area contributed by atoms with E-state index in [-0.39, 0.29) is 11.6 Å². The molecule has 0 saturated carbocycles. The molecule has 0 aliphatic carbocycles. The molecule has 3 rings (SSSR count). The number of quaternary nitrogens is 1. The number of nitrogens with one attached hydrogen (secondary N) is 1. The molecule has 1 aromatic heterocycles. The van der Waals surface area contributed by atoms with Crippen molar-refractivity contribution in [1.29, 1.82) is 5.41 Å². The number of halogens is 2. The van der Waals surface area contributed by atoms with E-state index in [0.717, 1.165) is 6.42 Å². The molecule has 0 amide bonds. The van der Waals surface area contributed by atoms with Gasteiger partial charge < -0.3 is 15.5 Å². The van der Waals surface area contributed by atoms with E-state index in [2.05, 4.69) is 9.97 Å². The second-order valence-corrected chi connectivity index (χ2v) is 6.53. The third-order valence-corrected chi connectivity index (χ3v) is 4.55. The van der Waals surface area contributed by atoms with Crippen molar-refractivity contribution in [2.24, 2.45) is 0 Å². The Balaban J connectivity index is 2.26. The maximum atomic E-state index is 14.4. The Labute approximate surface area is 168 Å². The molecule has 0 aliphatic rings. The summed E-state index contributed by atoms with van der Waals surface area (Å²) in [6.07, 6.45) is 1.35. The lowest BCUT2D eigenvalue weighted by molar-refractivity contribution is -0.539. The maximum absolute atomic E-state index is 14.4. The van der Waals surface area contributed by atoms with E-state index in [0.29, 0.717) is 46.2 Å². The first-order valence-corrected chi connectivity index (χ1v) is 9.37. The van der Waals surface area contributed by atoms with E-state index in [9.17, 15) is 8.78 Å². The van der Waals surface area contributed by atoms with Crippen LogP contribution in [0.2, 0.25) is 0 Å². The molecule has 3 aromatic rings. The summed E-state index contributed by atoms with van der Waals surface area (Å²) in [6.45, 7) is 1.99. The molecule has 5 nitrogen and oxygen atoms in total. The number of ether oxygens (including phenoxy) is 1. The zero-order valence-electron chi connectivity index (χ0n) is 16.6. The number of hydrogen-bond acceptors (Lipinski definition) is 4. The lowest BCUT2D eigenvalue weighted by Crippen LogP contribution is -2.73. The van der Waals surface area contributed by atoms with Gasteiger partial charge in [0, 0.05) is 11.1 Å². The predicted molar refractivity (Wildman–Crippen MR) is 109 cm³/mol. The van der Waals surface area contributed by atoms with Gasteiger partial charge >= 0.3 is 0 Å². The summed E-state index contributed by atoms with van der Waals surface area (Å²) in [7, 11) is 3.24. The van der Waals surface area contributed by atoms with Crippen LogP contribution in [0.4, 0.5) is 14.5 Å². The molecule has 7 heteroatoms. The molecule has 0 aliphatic heterocycles. The Bertz CT molecular complexity index is 1040. The molecule has 0 bridgehead atoms. The van der Waals surface area contributed by atoms with Gasteiger partial charge in [-0.05, 0) is 48.9 Å². The van der Waals surface area contributed by atoms with Gasteiger partial charge in [0.1, 0.15) is 17.2 Å². The minimum atomic E-state index is -0.501. The third kappa shape index (κ3) is 4.30. The second-order valence-electron chi connectivity index (χ2n) is 6.53. The standard InChI is InChI=1S/C22H22F2N4O/c1-4-5-17(25)20-21(26-2)19(14-8-11-18(29-3)16(24)12-14)27-22(28-20)13-6-9-15(23)10-7-13/h6-12,25-26H,4-5H2,1-3H3/p+1. The van der Waals surface area contributed by atoms with Crippen LogP contribution < -0.4 is 10.1 Å². The Morgan fingerprint density at radius 2 is 1.76 bits per heavy atom. The fourth-order valence-electron chi connectivity index (χ4n) is 3.10. The molecule has 3 N–H and O–H groups in total. The quantitative estimate of drug-likeness (QED) is 0.590. The summed E-state index contributed by atoms with van der Waals surface area (Å²) in [5, 5.41) is 10.3. The lowest BCUT2D eigenvalue weighted by Gasteiger charge is -2.13. The smallest absolute Gasteiger partial charge is 0.183 e. The maximum Gasteiger partial charge on any atom is 0.183 e. The van der Waals surface area contributed by atoms with Crippen LogP contribution in [0.1, 0.15) is 25.5 Å². The zero-order chi connectivity index (χ0) is 21.0. The normalized spacial score (nSPS) is 10.8. The van der Waals surface area contributed by atoms with Crippen LogP contribution in [0.15, 0.2) is 42.5 Å². The lowest BCUT2D eigenvalue weighted by atomic mass is 10.0. The molecule has 1 heterocycles. The van der Waals surface area contributed by atoms with E-state index in [1.165, 1.54) is 25.3 Å². The van der Waals surface area contributed by atoms with Crippen molar-refractivity contribution in [1.82, 2.24) is 9.97 Å². The largest absolute Gasteiger partial charge is 0.494 e. The predicted octanol–water partition coefficient (Wildman–Crippen LogP) is 4.09. The minimum absolute atomic E-state index is 0.141. The van der Waals surface area contributed by atoms with Gasteiger partial charge in [-0.1, -0.05) is 13.3 Å². The number of rotatable bonds is 7. The SMILES string of the molecule is CCCC(=N)c1nc(-c2ccc(F)cc2)nc(-c2ccc(OC)c(F)c2)c1[NH2+]C. The molecule has 0 spiro atoms. The minimum Gasteiger partial charge on any atom is -0.494 e. The van der Waals surface area contributed by atoms with E-state index < -0.39 is 5.82 Å². The highest BCUT2D eigenvalue weighted by Crippen LogP contribution is 2.31. The number of hydrogen-bond donors (Lipinski definition) is 2. The molecule has 0 unspecified atom stereocenters. The average molecular weight is 397 g/mol. The van der Waals surface area contributed by atoms with E-state index in [1.807, 2.05) is 19.3 Å². The number of nitrogens with two attached hydrogens (primary N) is 1. The van der Waals surface area contributed by atoms with E-state index in [1.54, 1.807) is 24.3 Å². The summed E-state index contributed by atoms with van der Waals surface area (Å²) in [6, 6.07) is 10.5. The average Bonchev–Trinajstić information content (AvgIpc) is 2.73. The first-order chi connectivity index (χ1) is 14.0. The van der Waals surface area contributed by atoms with Crippen LogP contribution >= 0.6 is 0 Å². The number of benzene rings is 2. The molecule has 0 saturated heterocycles. The fourth-order valence-corrected chi connectivity index (χ4v) is 3.10. The summed E-state index contributed by atoms with van der Waals surface area (Å²) in [5.74, 6) is -0.358. The van der Waals surface area contributed by atoms with Gasteiger partial charge in [0.15, 0.2) is 23.1 Å². The van der Waals surface area contributed by atoms with Crippen molar-refractivity contribution in [3.05, 3.63) is 59.8 Å². The Hall–Kier alpha value is -3.19. The Morgan fingerprint density at radius 3 is 2.34 bits per heavy atom. The summed E-state index contributed by atoms with van der Waals surface area (Å²) >= 11 is 0. The van der Waals surface area contributed by atoms with Crippen LogP contribution in [0, 0.1) is 17.0 Å². The molecule has 0 atom stereocenters.